The Hall–Kier alpha value is -2.66. The maximum absolute atomic E-state index is 12.3. The molecule has 0 atom stereocenters. The van der Waals surface area contributed by atoms with E-state index in [-0.39, 0.29) is 11.8 Å². The van der Waals surface area contributed by atoms with Gasteiger partial charge < -0.3 is 0 Å². The molecule has 0 saturated heterocycles. The number of nitrogens with zero attached hydrogens (tertiary/aromatic N) is 2. The molecule has 2 amide bonds. The molecule has 130 valence electrons. The summed E-state index contributed by atoms with van der Waals surface area (Å²) in [5.74, 6) is 0.434. The first kappa shape index (κ1) is 16.8. The highest BCUT2D eigenvalue weighted by Gasteiger charge is 2.34. The summed E-state index contributed by atoms with van der Waals surface area (Å²) in [5, 5.41) is 2.14. The van der Waals surface area contributed by atoms with Gasteiger partial charge in [-0.1, -0.05) is 30.3 Å². The van der Waals surface area contributed by atoms with Gasteiger partial charge in [0.15, 0.2) is 0 Å². The molecular formula is C21H18N2O2S. The van der Waals surface area contributed by atoms with E-state index >= 15 is 0 Å². The van der Waals surface area contributed by atoms with Crippen LogP contribution in [0.2, 0.25) is 0 Å². The molecule has 0 unspecified atom stereocenters. The van der Waals surface area contributed by atoms with Gasteiger partial charge in [-0.05, 0) is 43.2 Å². The number of aromatic nitrogens is 1. The quantitative estimate of drug-likeness (QED) is 0.385. The number of aryl methyl sites for hydroxylation is 1. The summed E-state index contributed by atoms with van der Waals surface area (Å²) in [6, 6.07) is 17.2. The van der Waals surface area contributed by atoms with E-state index in [0.717, 1.165) is 22.7 Å². The lowest BCUT2D eigenvalue weighted by Gasteiger charge is -2.13. The van der Waals surface area contributed by atoms with Crippen molar-refractivity contribution in [3.63, 3.8) is 0 Å². The van der Waals surface area contributed by atoms with Crippen molar-refractivity contribution in [2.24, 2.45) is 0 Å². The summed E-state index contributed by atoms with van der Waals surface area (Å²) in [5.41, 5.74) is 3.22. The highest BCUT2D eigenvalue weighted by molar-refractivity contribution is 7.99. The third kappa shape index (κ3) is 2.99. The van der Waals surface area contributed by atoms with Gasteiger partial charge in [0, 0.05) is 17.7 Å². The highest BCUT2D eigenvalue weighted by atomic mass is 32.2. The molecule has 2 aromatic carbocycles. The number of thioether (sulfide) groups is 1. The Kier molecular flexibility index (Phi) is 4.47. The lowest BCUT2D eigenvalue weighted by Crippen LogP contribution is -2.30. The fourth-order valence-electron chi connectivity index (χ4n) is 3.23. The molecule has 2 heterocycles. The van der Waals surface area contributed by atoms with Crippen molar-refractivity contribution in [1.29, 1.82) is 0 Å². The standard InChI is InChI=1S/C21H18N2O2S/c1-14-13-19(22-18-10-5-4-7-15(14)18)26-12-6-11-23-20(24)16-8-2-3-9-17(16)21(23)25/h2-5,7-10,13H,6,11-12H2,1H3. The maximum Gasteiger partial charge on any atom is 0.261 e. The van der Waals surface area contributed by atoms with Crippen LogP contribution in [0, 0.1) is 6.92 Å². The summed E-state index contributed by atoms with van der Waals surface area (Å²) in [4.78, 5) is 30.7. The van der Waals surface area contributed by atoms with Gasteiger partial charge >= 0.3 is 0 Å². The number of carbonyl (C=O) groups is 2. The second kappa shape index (κ2) is 6.92. The molecule has 5 heteroatoms. The molecule has 0 fully saturated rings. The fraction of sp³-hybridized carbons (Fsp3) is 0.190. The number of imide groups is 1. The minimum Gasteiger partial charge on any atom is -0.274 e. The van der Waals surface area contributed by atoms with Gasteiger partial charge in [-0.3, -0.25) is 14.5 Å². The van der Waals surface area contributed by atoms with Gasteiger partial charge in [-0.25, -0.2) is 4.98 Å². The van der Waals surface area contributed by atoms with Crippen LogP contribution < -0.4 is 0 Å². The third-order valence-corrected chi connectivity index (χ3v) is 5.55. The molecule has 3 aromatic rings. The van der Waals surface area contributed by atoms with Crippen molar-refractivity contribution >= 4 is 34.5 Å². The van der Waals surface area contributed by atoms with Gasteiger partial charge in [-0.15, -0.1) is 11.8 Å². The molecule has 1 aliphatic rings. The van der Waals surface area contributed by atoms with E-state index in [1.54, 1.807) is 36.0 Å². The summed E-state index contributed by atoms with van der Waals surface area (Å²) in [7, 11) is 0. The Morgan fingerprint density at radius 1 is 0.962 bits per heavy atom. The van der Waals surface area contributed by atoms with Crippen molar-refractivity contribution < 1.29 is 9.59 Å². The Labute approximate surface area is 156 Å². The van der Waals surface area contributed by atoms with E-state index in [1.165, 1.54) is 15.8 Å². The number of benzene rings is 2. The second-order valence-corrected chi connectivity index (χ2v) is 7.42. The van der Waals surface area contributed by atoms with Crippen molar-refractivity contribution in [3.05, 3.63) is 71.3 Å². The normalized spacial score (nSPS) is 13.5. The average Bonchev–Trinajstić information content (AvgIpc) is 2.90. The molecule has 26 heavy (non-hydrogen) atoms. The largest absolute Gasteiger partial charge is 0.274 e. The molecule has 4 nitrogen and oxygen atoms in total. The number of hydrogen-bond donors (Lipinski definition) is 0. The molecule has 0 saturated carbocycles. The van der Waals surface area contributed by atoms with Crippen LogP contribution in [0.25, 0.3) is 10.9 Å². The van der Waals surface area contributed by atoms with Gasteiger partial charge in [0.25, 0.3) is 11.8 Å². The molecule has 4 rings (SSSR count). The first-order valence-electron chi connectivity index (χ1n) is 8.59. The predicted octanol–water partition coefficient (Wildman–Crippen LogP) is 4.32. The number of rotatable bonds is 5. The molecule has 0 radical (unpaired) electrons. The minimum absolute atomic E-state index is 0.185. The van der Waals surface area contributed by atoms with Crippen LogP contribution in [0.15, 0.2) is 59.6 Å². The number of amides is 2. The van der Waals surface area contributed by atoms with Crippen molar-refractivity contribution in [1.82, 2.24) is 9.88 Å². The van der Waals surface area contributed by atoms with E-state index in [0.29, 0.717) is 17.7 Å². The monoisotopic (exact) mass is 362 g/mol. The summed E-state index contributed by atoms with van der Waals surface area (Å²) >= 11 is 1.66. The van der Waals surface area contributed by atoms with E-state index in [1.807, 2.05) is 18.2 Å². The Balaban J connectivity index is 1.38. The second-order valence-electron chi connectivity index (χ2n) is 6.30. The first-order valence-corrected chi connectivity index (χ1v) is 9.58. The van der Waals surface area contributed by atoms with E-state index in [9.17, 15) is 9.59 Å². The summed E-state index contributed by atoms with van der Waals surface area (Å²) in [6.45, 7) is 2.53. The number of fused-ring (bicyclic) bond motifs is 2. The molecule has 0 N–H and O–H groups in total. The Morgan fingerprint density at radius 3 is 2.35 bits per heavy atom. The fourth-order valence-corrected chi connectivity index (χ4v) is 4.14. The predicted molar refractivity (Wildman–Crippen MR) is 104 cm³/mol. The van der Waals surface area contributed by atoms with Crippen LogP contribution in [0.1, 0.15) is 32.7 Å². The number of hydrogen-bond acceptors (Lipinski definition) is 4. The van der Waals surface area contributed by atoms with Crippen LogP contribution in [-0.4, -0.2) is 34.0 Å². The zero-order valence-corrected chi connectivity index (χ0v) is 15.3. The summed E-state index contributed by atoms with van der Waals surface area (Å²) < 4.78 is 0. The van der Waals surface area contributed by atoms with Crippen LogP contribution >= 0.6 is 11.8 Å². The molecule has 1 aliphatic heterocycles. The van der Waals surface area contributed by atoms with Crippen LogP contribution in [0.5, 0.6) is 0 Å². The zero-order chi connectivity index (χ0) is 18.1. The van der Waals surface area contributed by atoms with Crippen molar-refractivity contribution in [3.8, 4) is 0 Å². The molecule has 1 aromatic heterocycles. The van der Waals surface area contributed by atoms with Gasteiger partial charge in [-0.2, -0.15) is 0 Å². The van der Waals surface area contributed by atoms with E-state index in [2.05, 4.69) is 24.0 Å². The zero-order valence-electron chi connectivity index (χ0n) is 14.4. The maximum atomic E-state index is 12.3. The number of carbonyl (C=O) groups excluding carboxylic acids is 2. The van der Waals surface area contributed by atoms with Crippen LogP contribution in [0.4, 0.5) is 0 Å². The third-order valence-electron chi connectivity index (χ3n) is 4.55. The highest BCUT2D eigenvalue weighted by Crippen LogP contribution is 2.25. The van der Waals surface area contributed by atoms with Crippen molar-refractivity contribution in [2.75, 3.05) is 12.3 Å². The van der Waals surface area contributed by atoms with Gasteiger partial charge in [0.1, 0.15) is 0 Å². The number of para-hydroxylation sites is 1. The van der Waals surface area contributed by atoms with Crippen LogP contribution in [-0.2, 0) is 0 Å². The summed E-state index contributed by atoms with van der Waals surface area (Å²) in [6.07, 6.45) is 0.740. The lowest BCUT2D eigenvalue weighted by atomic mass is 10.1. The van der Waals surface area contributed by atoms with E-state index in [4.69, 9.17) is 0 Å². The molecular weight excluding hydrogens is 344 g/mol. The van der Waals surface area contributed by atoms with Crippen LogP contribution in [0.3, 0.4) is 0 Å². The molecule has 0 aliphatic carbocycles. The number of pyridine rings is 1. The van der Waals surface area contributed by atoms with E-state index < -0.39 is 0 Å². The Bertz CT molecular complexity index is 981. The smallest absolute Gasteiger partial charge is 0.261 e. The lowest BCUT2D eigenvalue weighted by molar-refractivity contribution is 0.0655. The first-order chi connectivity index (χ1) is 12.6. The minimum atomic E-state index is -0.185. The topological polar surface area (TPSA) is 50.3 Å². The van der Waals surface area contributed by atoms with Gasteiger partial charge in [0.2, 0.25) is 0 Å². The Morgan fingerprint density at radius 2 is 1.62 bits per heavy atom. The average molecular weight is 362 g/mol. The SMILES string of the molecule is Cc1cc(SCCCN2C(=O)c3ccccc3C2=O)nc2ccccc12. The molecule has 0 spiro atoms. The van der Waals surface area contributed by atoms with Gasteiger partial charge in [0.05, 0.1) is 21.7 Å². The van der Waals surface area contributed by atoms with Crippen molar-refractivity contribution in [2.45, 2.75) is 18.4 Å². The molecule has 0 bridgehead atoms.